The fraction of sp³-hybridized carbons (Fsp3) is 0.652. The SMILES string of the molecule is CCNC(=NCc1ccccc1CN1CCCC1=O)N1CCC(CC(C)C)C1.I. The van der Waals surface area contributed by atoms with Crippen LogP contribution in [0.25, 0.3) is 0 Å². The summed E-state index contributed by atoms with van der Waals surface area (Å²) in [4.78, 5) is 21.4. The largest absolute Gasteiger partial charge is 0.357 e. The maximum atomic E-state index is 12.0. The third-order valence-electron chi connectivity index (χ3n) is 5.78. The van der Waals surface area contributed by atoms with Crippen molar-refractivity contribution in [2.24, 2.45) is 16.8 Å². The minimum Gasteiger partial charge on any atom is -0.357 e. The summed E-state index contributed by atoms with van der Waals surface area (Å²) in [5.74, 6) is 2.84. The summed E-state index contributed by atoms with van der Waals surface area (Å²) in [6.45, 7) is 12.1. The molecule has 162 valence electrons. The van der Waals surface area contributed by atoms with Crippen LogP contribution in [0.5, 0.6) is 0 Å². The topological polar surface area (TPSA) is 47.9 Å². The van der Waals surface area contributed by atoms with Gasteiger partial charge in [0, 0.05) is 39.1 Å². The zero-order chi connectivity index (χ0) is 19.9. The first-order valence-corrected chi connectivity index (χ1v) is 10.9. The first kappa shape index (κ1) is 24.0. The highest BCUT2D eigenvalue weighted by atomic mass is 127. The molecule has 2 aliphatic rings. The second-order valence-corrected chi connectivity index (χ2v) is 8.59. The molecule has 2 saturated heterocycles. The van der Waals surface area contributed by atoms with Crippen LogP contribution in [-0.4, -0.2) is 47.8 Å². The molecule has 29 heavy (non-hydrogen) atoms. The second-order valence-electron chi connectivity index (χ2n) is 8.59. The monoisotopic (exact) mass is 512 g/mol. The molecule has 2 fully saturated rings. The molecular weight excluding hydrogens is 475 g/mol. The number of nitrogens with one attached hydrogen (secondary N) is 1. The van der Waals surface area contributed by atoms with Crippen LogP contribution in [0.2, 0.25) is 0 Å². The van der Waals surface area contributed by atoms with Gasteiger partial charge in [-0.15, -0.1) is 24.0 Å². The van der Waals surface area contributed by atoms with E-state index in [1.807, 2.05) is 4.90 Å². The Kier molecular flexibility index (Phi) is 9.72. The van der Waals surface area contributed by atoms with Crippen LogP contribution < -0.4 is 5.32 Å². The van der Waals surface area contributed by atoms with Gasteiger partial charge in [-0.2, -0.15) is 0 Å². The molecule has 3 rings (SSSR count). The van der Waals surface area contributed by atoms with Crippen LogP contribution in [0.4, 0.5) is 0 Å². The Hall–Kier alpha value is -1.31. The van der Waals surface area contributed by atoms with Crippen molar-refractivity contribution in [1.82, 2.24) is 15.1 Å². The fourth-order valence-corrected chi connectivity index (χ4v) is 4.41. The van der Waals surface area contributed by atoms with E-state index >= 15 is 0 Å². The number of rotatable bonds is 7. The summed E-state index contributed by atoms with van der Waals surface area (Å²) in [6, 6.07) is 8.42. The van der Waals surface area contributed by atoms with Gasteiger partial charge in [0.05, 0.1) is 6.54 Å². The van der Waals surface area contributed by atoms with E-state index in [1.54, 1.807) is 0 Å². The zero-order valence-corrected chi connectivity index (χ0v) is 20.5. The van der Waals surface area contributed by atoms with Gasteiger partial charge in [-0.25, -0.2) is 4.99 Å². The average molecular weight is 512 g/mol. The van der Waals surface area contributed by atoms with E-state index in [4.69, 9.17) is 4.99 Å². The number of amides is 1. The maximum Gasteiger partial charge on any atom is 0.222 e. The number of carbonyl (C=O) groups excluding carboxylic acids is 1. The standard InChI is InChI=1S/C23H36N4O.HI/c1-4-24-23(27-13-11-19(16-27)14-18(2)3)25-15-20-8-5-6-9-21(20)17-26-12-7-10-22(26)28;/h5-6,8-9,18-19H,4,7,10-17H2,1-3H3,(H,24,25);1H. The van der Waals surface area contributed by atoms with Crippen molar-refractivity contribution in [3.05, 3.63) is 35.4 Å². The molecule has 0 aromatic heterocycles. The van der Waals surface area contributed by atoms with E-state index in [0.29, 0.717) is 19.5 Å². The molecule has 0 saturated carbocycles. The molecule has 5 nitrogen and oxygen atoms in total. The normalized spacial score (nSPS) is 19.8. The minimum absolute atomic E-state index is 0. The Balaban J connectivity index is 0.00000300. The highest BCUT2D eigenvalue weighted by Crippen LogP contribution is 2.23. The number of likely N-dealkylation sites (tertiary alicyclic amines) is 2. The lowest BCUT2D eigenvalue weighted by molar-refractivity contribution is -0.128. The third kappa shape index (κ3) is 6.86. The number of aliphatic imine (C=N–C) groups is 1. The number of benzene rings is 1. The summed E-state index contributed by atoms with van der Waals surface area (Å²) in [5.41, 5.74) is 2.44. The highest BCUT2D eigenvalue weighted by molar-refractivity contribution is 14.0. The van der Waals surface area contributed by atoms with Crippen molar-refractivity contribution in [3.8, 4) is 0 Å². The number of guanidine groups is 1. The minimum atomic E-state index is 0. The number of hydrogen-bond acceptors (Lipinski definition) is 2. The van der Waals surface area contributed by atoms with Crippen LogP contribution in [0, 0.1) is 11.8 Å². The second kappa shape index (κ2) is 11.8. The summed E-state index contributed by atoms with van der Waals surface area (Å²) in [5, 5.41) is 3.48. The molecule has 0 bridgehead atoms. The quantitative estimate of drug-likeness (QED) is 0.338. The molecule has 1 unspecified atom stereocenters. The molecule has 6 heteroatoms. The van der Waals surface area contributed by atoms with Gasteiger partial charge in [-0.3, -0.25) is 4.79 Å². The van der Waals surface area contributed by atoms with Gasteiger partial charge in [0.2, 0.25) is 5.91 Å². The maximum absolute atomic E-state index is 12.0. The van der Waals surface area contributed by atoms with E-state index < -0.39 is 0 Å². The molecule has 0 spiro atoms. The molecule has 1 N–H and O–H groups in total. The van der Waals surface area contributed by atoms with Gasteiger partial charge in [-0.1, -0.05) is 38.1 Å². The van der Waals surface area contributed by atoms with Crippen LogP contribution in [-0.2, 0) is 17.9 Å². The Labute approximate surface area is 193 Å². The molecule has 0 radical (unpaired) electrons. The summed E-state index contributed by atoms with van der Waals surface area (Å²) in [6.07, 6.45) is 4.23. The Morgan fingerprint density at radius 3 is 2.66 bits per heavy atom. The van der Waals surface area contributed by atoms with Gasteiger partial charge in [-0.05, 0) is 49.1 Å². The Morgan fingerprint density at radius 1 is 1.24 bits per heavy atom. The highest BCUT2D eigenvalue weighted by Gasteiger charge is 2.25. The van der Waals surface area contributed by atoms with Gasteiger partial charge in [0.1, 0.15) is 0 Å². The summed E-state index contributed by atoms with van der Waals surface area (Å²) >= 11 is 0. The predicted octanol–water partition coefficient (Wildman–Crippen LogP) is 4.26. The van der Waals surface area contributed by atoms with Gasteiger partial charge < -0.3 is 15.1 Å². The Bertz CT molecular complexity index is 691. The fourth-order valence-electron chi connectivity index (χ4n) is 4.41. The van der Waals surface area contributed by atoms with Crippen molar-refractivity contribution in [3.63, 3.8) is 0 Å². The van der Waals surface area contributed by atoms with Crippen LogP contribution in [0.1, 0.15) is 57.6 Å². The van der Waals surface area contributed by atoms with Crippen molar-refractivity contribution < 1.29 is 4.79 Å². The predicted molar refractivity (Wildman–Crippen MR) is 130 cm³/mol. The van der Waals surface area contributed by atoms with E-state index in [0.717, 1.165) is 50.4 Å². The molecule has 1 amide bonds. The lowest BCUT2D eigenvalue weighted by atomic mass is 9.97. The van der Waals surface area contributed by atoms with Crippen molar-refractivity contribution >= 4 is 35.8 Å². The number of hydrogen-bond donors (Lipinski definition) is 1. The van der Waals surface area contributed by atoms with E-state index in [1.165, 1.54) is 24.0 Å². The molecular formula is C23H37IN4O. The molecule has 2 aliphatic heterocycles. The first-order chi connectivity index (χ1) is 13.6. The molecule has 1 aromatic carbocycles. The van der Waals surface area contributed by atoms with Crippen LogP contribution in [0.3, 0.4) is 0 Å². The molecule has 0 aliphatic carbocycles. The average Bonchev–Trinajstić information content (AvgIpc) is 3.28. The van der Waals surface area contributed by atoms with Gasteiger partial charge >= 0.3 is 0 Å². The molecule has 1 atom stereocenters. The van der Waals surface area contributed by atoms with Crippen LogP contribution in [0.15, 0.2) is 29.3 Å². The van der Waals surface area contributed by atoms with Crippen LogP contribution >= 0.6 is 24.0 Å². The lowest BCUT2D eigenvalue weighted by Crippen LogP contribution is -2.40. The molecule has 2 heterocycles. The third-order valence-corrected chi connectivity index (χ3v) is 5.78. The van der Waals surface area contributed by atoms with Crippen molar-refractivity contribution in [2.75, 3.05) is 26.2 Å². The van der Waals surface area contributed by atoms with E-state index in [2.05, 4.69) is 55.3 Å². The van der Waals surface area contributed by atoms with Crippen molar-refractivity contribution in [2.45, 2.75) is 59.5 Å². The number of carbonyl (C=O) groups is 1. The van der Waals surface area contributed by atoms with Gasteiger partial charge in [0.15, 0.2) is 5.96 Å². The number of halogens is 1. The van der Waals surface area contributed by atoms with Gasteiger partial charge in [0.25, 0.3) is 0 Å². The Morgan fingerprint density at radius 2 is 2.00 bits per heavy atom. The summed E-state index contributed by atoms with van der Waals surface area (Å²) < 4.78 is 0. The molecule has 1 aromatic rings. The van der Waals surface area contributed by atoms with Crippen molar-refractivity contribution in [1.29, 1.82) is 0 Å². The summed E-state index contributed by atoms with van der Waals surface area (Å²) in [7, 11) is 0. The number of nitrogens with zero attached hydrogens (tertiary/aromatic N) is 3. The smallest absolute Gasteiger partial charge is 0.222 e. The lowest BCUT2D eigenvalue weighted by Gasteiger charge is -2.22. The van der Waals surface area contributed by atoms with E-state index in [9.17, 15) is 4.79 Å². The zero-order valence-electron chi connectivity index (χ0n) is 18.2. The van der Waals surface area contributed by atoms with E-state index in [-0.39, 0.29) is 29.9 Å². The first-order valence-electron chi connectivity index (χ1n) is 10.9.